The molecule has 1 aliphatic rings. The summed E-state index contributed by atoms with van der Waals surface area (Å²) in [6.45, 7) is 5.74. The number of hydrogen-bond acceptors (Lipinski definition) is 2. The van der Waals surface area contributed by atoms with Crippen molar-refractivity contribution in [2.75, 3.05) is 33.4 Å². The topological polar surface area (TPSA) is 36.9 Å². The molecular formula is C16H25FIN3O. The van der Waals surface area contributed by atoms with E-state index < -0.39 is 0 Å². The smallest absolute Gasteiger partial charge is 0.193 e. The molecule has 0 aliphatic carbocycles. The van der Waals surface area contributed by atoms with Gasteiger partial charge in [0.05, 0.1) is 13.2 Å². The fourth-order valence-electron chi connectivity index (χ4n) is 2.46. The second-order valence-corrected chi connectivity index (χ2v) is 5.37. The van der Waals surface area contributed by atoms with Crippen LogP contribution in [0.15, 0.2) is 29.3 Å². The van der Waals surface area contributed by atoms with Crippen molar-refractivity contribution < 1.29 is 9.13 Å². The third-order valence-corrected chi connectivity index (χ3v) is 3.61. The Hall–Kier alpha value is -0.890. The van der Waals surface area contributed by atoms with Crippen molar-refractivity contribution >= 4 is 29.9 Å². The molecule has 1 saturated heterocycles. The van der Waals surface area contributed by atoms with Crippen LogP contribution in [0.4, 0.5) is 4.39 Å². The Bertz CT molecular complexity index is 478. The molecule has 0 radical (unpaired) electrons. The van der Waals surface area contributed by atoms with E-state index in [-0.39, 0.29) is 29.8 Å². The number of aliphatic imine (C=N–C) groups is 1. The van der Waals surface area contributed by atoms with Crippen molar-refractivity contribution in [1.29, 1.82) is 0 Å². The van der Waals surface area contributed by atoms with Gasteiger partial charge in [0, 0.05) is 38.2 Å². The zero-order chi connectivity index (χ0) is 15.1. The lowest BCUT2D eigenvalue weighted by Gasteiger charge is -2.24. The van der Waals surface area contributed by atoms with E-state index >= 15 is 0 Å². The third kappa shape index (κ3) is 5.72. The molecule has 124 valence electrons. The predicted molar refractivity (Wildman–Crippen MR) is 98.2 cm³/mol. The lowest BCUT2D eigenvalue weighted by atomic mass is 10.1. The quantitative estimate of drug-likeness (QED) is 0.452. The first kappa shape index (κ1) is 19.2. The number of halogens is 2. The van der Waals surface area contributed by atoms with E-state index in [2.05, 4.69) is 15.2 Å². The van der Waals surface area contributed by atoms with Gasteiger partial charge in [-0.2, -0.15) is 0 Å². The van der Waals surface area contributed by atoms with Crippen LogP contribution in [0, 0.1) is 11.7 Å². The number of nitrogens with one attached hydrogen (secondary N) is 1. The van der Waals surface area contributed by atoms with Gasteiger partial charge in [-0.05, 0) is 19.4 Å². The molecule has 1 unspecified atom stereocenters. The van der Waals surface area contributed by atoms with Gasteiger partial charge in [-0.3, -0.25) is 0 Å². The molecule has 6 heteroatoms. The molecule has 0 bridgehead atoms. The van der Waals surface area contributed by atoms with E-state index in [4.69, 9.17) is 4.74 Å². The van der Waals surface area contributed by atoms with E-state index in [1.54, 1.807) is 12.1 Å². The molecule has 1 atom stereocenters. The van der Waals surface area contributed by atoms with Crippen LogP contribution in [-0.4, -0.2) is 44.2 Å². The first-order valence-corrected chi connectivity index (χ1v) is 7.51. The molecule has 1 aromatic carbocycles. The van der Waals surface area contributed by atoms with E-state index in [1.165, 1.54) is 6.07 Å². The summed E-state index contributed by atoms with van der Waals surface area (Å²) in [5, 5.41) is 3.26. The summed E-state index contributed by atoms with van der Waals surface area (Å²) >= 11 is 0. The van der Waals surface area contributed by atoms with Gasteiger partial charge in [0.2, 0.25) is 0 Å². The Balaban J connectivity index is 0.00000242. The van der Waals surface area contributed by atoms with Crippen LogP contribution in [0.25, 0.3) is 0 Å². The van der Waals surface area contributed by atoms with Crippen LogP contribution >= 0.6 is 24.0 Å². The van der Waals surface area contributed by atoms with Crippen LogP contribution in [0.1, 0.15) is 18.9 Å². The summed E-state index contributed by atoms with van der Waals surface area (Å²) in [5.74, 6) is 1.16. The molecule has 1 heterocycles. The summed E-state index contributed by atoms with van der Waals surface area (Å²) in [5.41, 5.74) is 0.616. The standard InChI is InChI=1S/C16H24FN3O.HI/c1-3-18-16(20(2)11-13-8-9-21-12-13)19-10-14-6-4-5-7-15(14)17;/h4-7,13H,3,8-12H2,1-2H3,(H,18,19);1H. The zero-order valence-electron chi connectivity index (χ0n) is 13.2. The maximum Gasteiger partial charge on any atom is 0.193 e. The lowest BCUT2D eigenvalue weighted by molar-refractivity contribution is 0.181. The Kier molecular flexibility index (Phi) is 8.70. The van der Waals surface area contributed by atoms with E-state index in [9.17, 15) is 4.39 Å². The van der Waals surface area contributed by atoms with Gasteiger partial charge in [-0.15, -0.1) is 24.0 Å². The molecule has 1 fully saturated rings. The highest BCUT2D eigenvalue weighted by atomic mass is 127. The number of ether oxygens (including phenoxy) is 1. The van der Waals surface area contributed by atoms with Crippen molar-refractivity contribution in [3.05, 3.63) is 35.6 Å². The van der Waals surface area contributed by atoms with Gasteiger partial charge < -0.3 is 15.0 Å². The summed E-state index contributed by atoms with van der Waals surface area (Å²) in [6.07, 6.45) is 1.09. The van der Waals surface area contributed by atoms with E-state index in [1.807, 2.05) is 20.0 Å². The van der Waals surface area contributed by atoms with Gasteiger partial charge in [0.1, 0.15) is 5.82 Å². The third-order valence-electron chi connectivity index (χ3n) is 3.61. The number of hydrogen-bond donors (Lipinski definition) is 1. The number of benzene rings is 1. The normalized spacial score (nSPS) is 18.0. The molecule has 0 saturated carbocycles. The van der Waals surface area contributed by atoms with E-state index in [0.717, 1.165) is 38.7 Å². The zero-order valence-corrected chi connectivity index (χ0v) is 15.5. The van der Waals surface area contributed by atoms with E-state index in [0.29, 0.717) is 18.0 Å². The highest BCUT2D eigenvalue weighted by molar-refractivity contribution is 14.0. The van der Waals surface area contributed by atoms with Crippen molar-refractivity contribution in [3.63, 3.8) is 0 Å². The Labute approximate surface area is 149 Å². The van der Waals surface area contributed by atoms with Gasteiger partial charge in [0.15, 0.2) is 5.96 Å². The van der Waals surface area contributed by atoms with Crippen LogP contribution < -0.4 is 5.32 Å². The van der Waals surface area contributed by atoms with Gasteiger partial charge in [0.25, 0.3) is 0 Å². The van der Waals surface area contributed by atoms with Gasteiger partial charge in [-0.1, -0.05) is 18.2 Å². The molecule has 1 aromatic rings. The number of nitrogens with zero attached hydrogens (tertiary/aromatic N) is 2. The second kappa shape index (κ2) is 9.99. The maximum absolute atomic E-state index is 13.6. The average Bonchev–Trinajstić information content (AvgIpc) is 2.97. The second-order valence-electron chi connectivity index (χ2n) is 5.37. The molecular weight excluding hydrogens is 396 g/mol. The van der Waals surface area contributed by atoms with Gasteiger partial charge >= 0.3 is 0 Å². The molecule has 22 heavy (non-hydrogen) atoms. The summed E-state index contributed by atoms with van der Waals surface area (Å²) in [4.78, 5) is 6.64. The van der Waals surface area contributed by atoms with Crippen LogP contribution in [0.5, 0.6) is 0 Å². The van der Waals surface area contributed by atoms with Crippen molar-refractivity contribution in [3.8, 4) is 0 Å². The SMILES string of the molecule is CCNC(=NCc1ccccc1F)N(C)CC1CCOC1.I. The highest BCUT2D eigenvalue weighted by Crippen LogP contribution is 2.13. The van der Waals surface area contributed by atoms with Crippen molar-refractivity contribution in [1.82, 2.24) is 10.2 Å². The molecule has 0 aromatic heterocycles. The number of guanidine groups is 1. The molecule has 0 spiro atoms. The Morgan fingerprint density at radius 1 is 1.45 bits per heavy atom. The predicted octanol–water partition coefficient (Wildman–Crippen LogP) is 2.88. The first-order chi connectivity index (χ1) is 10.2. The number of rotatable bonds is 5. The summed E-state index contributed by atoms with van der Waals surface area (Å²) in [6, 6.07) is 6.77. The van der Waals surface area contributed by atoms with Crippen LogP contribution in [-0.2, 0) is 11.3 Å². The van der Waals surface area contributed by atoms with Crippen LogP contribution in [0.2, 0.25) is 0 Å². The molecule has 0 amide bonds. The first-order valence-electron chi connectivity index (χ1n) is 7.51. The lowest BCUT2D eigenvalue weighted by Crippen LogP contribution is -2.41. The molecule has 1 aliphatic heterocycles. The fraction of sp³-hybridized carbons (Fsp3) is 0.562. The van der Waals surface area contributed by atoms with Crippen LogP contribution in [0.3, 0.4) is 0 Å². The molecule has 2 rings (SSSR count). The molecule has 1 N–H and O–H groups in total. The average molecular weight is 421 g/mol. The largest absolute Gasteiger partial charge is 0.381 e. The minimum atomic E-state index is -0.205. The highest BCUT2D eigenvalue weighted by Gasteiger charge is 2.19. The monoisotopic (exact) mass is 421 g/mol. The fourth-order valence-corrected chi connectivity index (χ4v) is 2.46. The molecule has 4 nitrogen and oxygen atoms in total. The maximum atomic E-state index is 13.6. The summed E-state index contributed by atoms with van der Waals surface area (Å²) in [7, 11) is 2.02. The Morgan fingerprint density at radius 2 is 2.23 bits per heavy atom. The van der Waals surface area contributed by atoms with Gasteiger partial charge in [-0.25, -0.2) is 9.38 Å². The van der Waals surface area contributed by atoms with Crippen molar-refractivity contribution in [2.24, 2.45) is 10.9 Å². The minimum Gasteiger partial charge on any atom is -0.381 e. The van der Waals surface area contributed by atoms with Crippen molar-refractivity contribution in [2.45, 2.75) is 19.9 Å². The Morgan fingerprint density at radius 3 is 2.86 bits per heavy atom. The minimum absolute atomic E-state index is 0. The summed E-state index contributed by atoms with van der Waals surface area (Å²) < 4.78 is 19.0.